The van der Waals surface area contributed by atoms with Gasteiger partial charge >= 0.3 is 6.18 Å². The van der Waals surface area contributed by atoms with E-state index in [1.807, 2.05) is 6.92 Å². The number of rotatable bonds is 7. The van der Waals surface area contributed by atoms with Crippen LogP contribution < -0.4 is 4.74 Å². The molecule has 0 aliphatic carbocycles. The molecule has 0 saturated carbocycles. The average Bonchev–Trinajstić information content (AvgIpc) is 2.82. The fourth-order valence-electron chi connectivity index (χ4n) is 3.99. The Hall–Kier alpha value is -3.48. The number of fused-ring (bicyclic) bond motifs is 1. The Bertz CT molecular complexity index is 1320. The molecule has 182 valence electrons. The Kier molecular flexibility index (Phi) is 7.05. The highest BCUT2D eigenvalue weighted by molar-refractivity contribution is 5.88. The lowest BCUT2D eigenvalue weighted by atomic mass is 9.96. The summed E-state index contributed by atoms with van der Waals surface area (Å²) in [6.07, 6.45) is -3.06. The lowest BCUT2D eigenvalue weighted by Gasteiger charge is -2.11. The van der Waals surface area contributed by atoms with Crippen molar-refractivity contribution in [2.24, 2.45) is 0 Å². The van der Waals surface area contributed by atoms with Crippen molar-refractivity contribution >= 4 is 10.8 Å². The van der Waals surface area contributed by atoms with Gasteiger partial charge in [0.25, 0.3) is 0 Å². The third kappa shape index (κ3) is 5.78. The zero-order valence-electron chi connectivity index (χ0n) is 18.9. The molecule has 4 rings (SSSR count). The topological polar surface area (TPSA) is 9.23 Å². The van der Waals surface area contributed by atoms with Crippen molar-refractivity contribution in [1.29, 1.82) is 0 Å². The van der Waals surface area contributed by atoms with Crippen LogP contribution in [0.25, 0.3) is 21.9 Å². The van der Waals surface area contributed by atoms with Crippen LogP contribution in [-0.4, -0.2) is 12.8 Å². The molecule has 0 N–H and O–H groups in total. The van der Waals surface area contributed by atoms with Crippen molar-refractivity contribution in [1.82, 2.24) is 0 Å². The fraction of sp³-hybridized carbons (Fsp3) is 0.214. The van der Waals surface area contributed by atoms with Crippen LogP contribution in [0.15, 0.2) is 66.7 Å². The Balaban J connectivity index is 1.51. The van der Waals surface area contributed by atoms with Crippen LogP contribution in [0, 0.1) is 17.5 Å². The fourth-order valence-corrected chi connectivity index (χ4v) is 3.99. The van der Waals surface area contributed by atoms with Gasteiger partial charge < -0.3 is 4.74 Å². The summed E-state index contributed by atoms with van der Waals surface area (Å²) in [6, 6.07) is 16.7. The van der Waals surface area contributed by atoms with E-state index in [2.05, 4.69) is 0 Å². The standard InChI is InChI=1S/C28H22F6O/c1-2-17-13-24(29)26(25(30)14-17)21-9-12-23-20(15-21)8-7-19(27(23)31)6-3-18-4-10-22(11-5-18)35-16-28(32,33)34/h4-5,7-15H,2-3,6,16H2,1H3. The number of ether oxygens (including phenoxy) is 1. The number of hydrogen-bond acceptors (Lipinski definition) is 1. The SMILES string of the molecule is CCc1cc(F)c(-c2ccc3c(F)c(CCc4ccc(OCC(F)(F)F)cc4)ccc3c2)c(F)c1. The van der Waals surface area contributed by atoms with E-state index < -0.39 is 30.2 Å². The van der Waals surface area contributed by atoms with Gasteiger partial charge in [-0.05, 0) is 77.2 Å². The van der Waals surface area contributed by atoms with Crippen molar-refractivity contribution in [2.45, 2.75) is 32.4 Å². The molecule has 0 aliphatic rings. The molecule has 7 heteroatoms. The van der Waals surface area contributed by atoms with Crippen LogP contribution in [0.2, 0.25) is 0 Å². The first-order chi connectivity index (χ1) is 16.6. The van der Waals surface area contributed by atoms with Gasteiger partial charge in [-0.1, -0.05) is 43.3 Å². The Labute approximate surface area is 199 Å². The zero-order chi connectivity index (χ0) is 25.2. The van der Waals surface area contributed by atoms with E-state index in [4.69, 9.17) is 4.74 Å². The molecular weight excluding hydrogens is 466 g/mol. The minimum atomic E-state index is -4.41. The van der Waals surface area contributed by atoms with Gasteiger partial charge in [0, 0.05) is 5.39 Å². The molecule has 0 amide bonds. The second kappa shape index (κ2) is 10.0. The van der Waals surface area contributed by atoms with E-state index in [1.54, 1.807) is 30.3 Å². The van der Waals surface area contributed by atoms with E-state index in [9.17, 15) is 22.0 Å². The van der Waals surface area contributed by atoms with Gasteiger partial charge in [0.15, 0.2) is 6.61 Å². The van der Waals surface area contributed by atoms with E-state index in [-0.39, 0.29) is 11.3 Å². The Morgan fingerprint density at radius 3 is 2.06 bits per heavy atom. The van der Waals surface area contributed by atoms with E-state index in [1.165, 1.54) is 36.4 Å². The Morgan fingerprint density at radius 1 is 0.743 bits per heavy atom. The molecular formula is C28H22F6O. The summed E-state index contributed by atoms with van der Waals surface area (Å²) in [6.45, 7) is 0.450. The summed E-state index contributed by atoms with van der Waals surface area (Å²) < 4.78 is 85.7. The normalized spacial score (nSPS) is 11.7. The smallest absolute Gasteiger partial charge is 0.422 e. The summed E-state index contributed by atoms with van der Waals surface area (Å²) in [7, 11) is 0. The molecule has 4 aromatic carbocycles. The maximum absolute atomic E-state index is 15.2. The van der Waals surface area contributed by atoms with Gasteiger partial charge in [-0.15, -0.1) is 0 Å². The van der Waals surface area contributed by atoms with Gasteiger partial charge in [-0.3, -0.25) is 0 Å². The average molecular weight is 488 g/mol. The van der Waals surface area contributed by atoms with Crippen LogP contribution >= 0.6 is 0 Å². The number of halogens is 6. The number of benzene rings is 4. The molecule has 35 heavy (non-hydrogen) atoms. The van der Waals surface area contributed by atoms with Crippen LogP contribution in [0.4, 0.5) is 26.3 Å². The molecule has 0 fully saturated rings. The summed E-state index contributed by atoms with van der Waals surface area (Å²) in [5.74, 6) is -1.63. The Morgan fingerprint density at radius 2 is 1.43 bits per heavy atom. The van der Waals surface area contributed by atoms with E-state index in [0.29, 0.717) is 46.7 Å². The highest BCUT2D eigenvalue weighted by Crippen LogP contribution is 2.32. The summed E-state index contributed by atoms with van der Waals surface area (Å²) in [5, 5.41) is 0.862. The van der Waals surface area contributed by atoms with Gasteiger partial charge in [0.2, 0.25) is 0 Å². The van der Waals surface area contributed by atoms with Crippen molar-refractivity contribution in [2.75, 3.05) is 6.61 Å². The number of hydrogen-bond donors (Lipinski definition) is 0. The monoisotopic (exact) mass is 488 g/mol. The first kappa shape index (κ1) is 24.6. The maximum Gasteiger partial charge on any atom is 0.422 e. The second-order valence-electron chi connectivity index (χ2n) is 8.31. The molecule has 4 aromatic rings. The summed E-state index contributed by atoms with van der Waals surface area (Å²) in [4.78, 5) is 0. The lowest BCUT2D eigenvalue weighted by Crippen LogP contribution is -2.19. The molecule has 0 bridgehead atoms. The molecule has 1 nitrogen and oxygen atoms in total. The van der Waals surface area contributed by atoms with E-state index >= 15 is 4.39 Å². The van der Waals surface area contributed by atoms with Crippen LogP contribution in [0.1, 0.15) is 23.6 Å². The largest absolute Gasteiger partial charge is 0.484 e. The predicted octanol–water partition coefficient (Wildman–Crippen LogP) is 8.21. The van der Waals surface area contributed by atoms with E-state index in [0.717, 1.165) is 5.56 Å². The van der Waals surface area contributed by atoms with Crippen molar-refractivity contribution in [3.8, 4) is 16.9 Å². The van der Waals surface area contributed by atoms with Crippen LogP contribution in [-0.2, 0) is 19.3 Å². The van der Waals surface area contributed by atoms with Gasteiger partial charge in [-0.2, -0.15) is 13.2 Å². The number of alkyl halides is 3. The summed E-state index contributed by atoms with van der Waals surface area (Å²) >= 11 is 0. The minimum absolute atomic E-state index is 0.107. The lowest BCUT2D eigenvalue weighted by molar-refractivity contribution is -0.153. The van der Waals surface area contributed by atoms with Gasteiger partial charge in [0.1, 0.15) is 23.2 Å². The minimum Gasteiger partial charge on any atom is -0.484 e. The van der Waals surface area contributed by atoms with Gasteiger partial charge in [-0.25, -0.2) is 13.2 Å². The van der Waals surface area contributed by atoms with Crippen molar-refractivity contribution < 1.29 is 31.1 Å². The maximum atomic E-state index is 15.2. The molecule has 0 spiro atoms. The quantitative estimate of drug-likeness (QED) is 0.238. The highest BCUT2D eigenvalue weighted by atomic mass is 19.4. The third-order valence-electron chi connectivity index (χ3n) is 5.84. The zero-order valence-corrected chi connectivity index (χ0v) is 18.9. The first-order valence-corrected chi connectivity index (χ1v) is 11.1. The van der Waals surface area contributed by atoms with Gasteiger partial charge in [0.05, 0.1) is 5.56 Å². The molecule has 0 aliphatic heterocycles. The van der Waals surface area contributed by atoms with Crippen molar-refractivity contribution in [3.05, 3.63) is 101 Å². The molecule has 0 saturated heterocycles. The molecule has 0 radical (unpaired) electrons. The summed E-state index contributed by atoms with van der Waals surface area (Å²) in [5.41, 5.74) is 2.03. The molecule has 0 aromatic heterocycles. The first-order valence-electron chi connectivity index (χ1n) is 11.1. The third-order valence-corrected chi connectivity index (χ3v) is 5.84. The van der Waals surface area contributed by atoms with Crippen LogP contribution in [0.3, 0.4) is 0 Å². The molecule has 0 heterocycles. The highest BCUT2D eigenvalue weighted by Gasteiger charge is 2.28. The molecule has 0 unspecified atom stereocenters. The molecule has 0 atom stereocenters. The predicted molar refractivity (Wildman–Crippen MR) is 124 cm³/mol. The van der Waals surface area contributed by atoms with Crippen molar-refractivity contribution in [3.63, 3.8) is 0 Å². The number of aryl methyl sites for hydroxylation is 3. The second-order valence-corrected chi connectivity index (χ2v) is 8.31. The van der Waals surface area contributed by atoms with Crippen LogP contribution in [0.5, 0.6) is 5.75 Å².